The minimum atomic E-state index is -4.41. The number of ether oxygens (including phenoxy) is 1. The van der Waals surface area contributed by atoms with Gasteiger partial charge in [-0.1, -0.05) is 78.9 Å². The first-order valence-corrected chi connectivity index (χ1v) is 11.6. The number of halogens is 3. The Morgan fingerprint density at radius 1 is 0.909 bits per heavy atom. The third-order valence-corrected chi connectivity index (χ3v) is 6.71. The normalized spacial score (nSPS) is 19.2. The lowest BCUT2D eigenvalue weighted by Gasteiger charge is -2.43. The van der Waals surface area contributed by atoms with Crippen LogP contribution in [0.3, 0.4) is 0 Å². The smallest absolute Gasteiger partial charge is 0.382 e. The molecule has 0 amide bonds. The summed E-state index contributed by atoms with van der Waals surface area (Å²) >= 11 is -0.150. The topological polar surface area (TPSA) is 32.7 Å². The maximum Gasteiger partial charge on any atom is 0.446 e. The summed E-state index contributed by atoms with van der Waals surface area (Å²) < 4.78 is 45.5. The number of morpholine rings is 1. The maximum atomic E-state index is 13.2. The molecule has 3 aromatic rings. The van der Waals surface area contributed by atoms with Gasteiger partial charge in [-0.2, -0.15) is 13.2 Å². The lowest BCUT2D eigenvalue weighted by molar-refractivity contribution is -0.150. The van der Waals surface area contributed by atoms with Crippen molar-refractivity contribution in [1.82, 2.24) is 4.90 Å². The van der Waals surface area contributed by atoms with Crippen LogP contribution in [-0.4, -0.2) is 41.3 Å². The predicted octanol–water partition coefficient (Wildman–Crippen LogP) is 5.63. The van der Waals surface area contributed by atoms with Gasteiger partial charge in [0.2, 0.25) is 0 Å². The molecule has 1 aliphatic rings. The van der Waals surface area contributed by atoms with Crippen LogP contribution in [0.4, 0.5) is 13.2 Å². The van der Waals surface area contributed by atoms with Crippen LogP contribution in [0.25, 0.3) is 0 Å². The first-order chi connectivity index (χ1) is 15.8. The molecule has 0 aromatic heterocycles. The van der Waals surface area contributed by atoms with Gasteiger partial charge in [-0.15, -0.1) is 0 Å². The average Bonchev–Trinajstić information content (AvgIpc) is 2.81. The molecule has 2 atom stereocenters. The summed E-state index contributed by atoms with van der Waals surface area (Å²) in [7, 11) is 0. The van der Waals surface area contributed by atoms with Crippen molar-refractivity contribution in [2.24, 2.45) is 0 Å². The molecule has 3 aromatic carbocycles. The lowest BCUT2D eigenvalue weighted by Crippen LogP contribution is -2.53. The molecular formula is C26H26F3NO2S. The molecule has 1 saturated heterocycles. The van der Waals surface area contributed by atoms with Gasteiger partial charge in [0.25, 0.3) is 0 Å². The highest BCUT2D eigenvalue weighted by molar-refractivity contribution is 8.00. The Morgan fingerprint density at radius 3 is 2.24 bits per heavy atom. The van der Waals surface area contributed by atoms with Crippen molar-refractivity contribution in [2.45, 2.75) is 35.1 Å². The molecule has 0 aliphatic carbocycles. The molecule has 0 saturated carbocycles. The summed E-state index contributed by atoms with van der Waals surface area (Å²) in [6, 6.07) is 25.5. The van der Waals surface area contributed by atoms with Crippen LogP contribution in [0, 0.1) is 0 Å². The van der Waals surface area contributed by atoms with Gasteiger partial charge in [-0.25, -0.2) is 0 Å². The summed E-state index contributed by atoms with van der Waals surface area (Å²) in [6.07, 6.45) is -0.582. The van der Waals surface area contributed by atoms with Crippen molar-refractivity contribution in [2.75, 3.05) is 19.7 Å². The fourth-order valence-electron chi connectivity index (χ4n) is 4.27. The molecule has 1 aliphatic heterocycles. The molecule has 4 rings (SSSR count). The van der Waals surface area contributed by atoms with Gasteiger partial charge in [-0.05, 0) is 34.5 Å². The Labute approximate surface area is 196 Å². The molecule has 1 unspecified atom stereocenters. The zero-order chi connectivity index (χ0) is 23.3. The minimum absolute atomic E-state index is 0.0140. The standard InChI is InChI=1S/C26H26F3NO2S/c27-26(28,29)33-23-14-8-7-11-21(23)17-25(31,22-12-5-2-6-13-22)24-19-30(15-16-32-24)18-20-9-3-1-4-10-20/h1-14,24,31H,15-19H2/t24?,25-/m1/s1. The Hall–Kier alpha value is -2.32. The number of alkyl halides is 3. The molecule has 33 heavy (non-hydrogen) atoms. The van der Waals surface area contributed by atoms with Crippen LogP contribution in [0.15, 0.2) is 89.8 Å². The number of hydrogen-bond donors (Lipinski definition) is 1. The molecule has 174 valence electrons. The van der Waals surface area contributed by atoms with Gasteiger partial charge in [0.15, 0.2) is 0 Å². The number of thioether (sulfide) groups is 1. The van der Waals surface area contributed by atoms with Crippen molar-refractivity contribution in [3.05, 3.63) is 102 Å². The fourth-order valence-corrected chi connectivity index (χ4v) is 4.94. The number of hydrogen-bond acceptors (Lipinski definition) is 4. The van der Waals surface area contributed by atoms with Crippen LogP contribution in [0.2, 0.25) is 0 Å². The SMILES string of the molecule is O[C@](Cc1ccccc1SC(F)(F)F)(c1ccccc1)C1CN(Cc2ccccc2)CCO1. The number of aliphatic hydroxyl groups is 1. The third-order valence-electron chi connectivity index (χ3n) is 5.86. The molecule has 1 fully saturated rings. The zero-order valence-electron chi connectivity index (χ0n) is 18.0. The second kappa shape index (κ2) is 10.3. The van der Waals surface area contributed by atoms with Gasteiger partial charge < -0.3 is 9.84 Å². The Morgan fingerprint density at radius 2 is 1.55 bits per heavy atom. The van der Waals surface area contributed by atoms with E-state index in [-0.39, 0.29) is 23.1 Å². The second-order valence-corrected chi connectivity index (χ2v) is 9.31. The molecular weight excluding hydrogens is 447 g/mol. The van der Waals surface area contributed by atoms with E-state index < -0.39 is 17.2 Å². The van der Waals surface area contributed by atoms with E-state index >= 15 is 0 Å². The maximum absolute atomic E-state index is 13.2. The van der Waals surface area contributed by atoms with E-state index in [4.69, 9.17) is 4.74 Å². The monoisotopic (exact) mass is 473 g/mol. The zero-order valence-corrected chi connectivity index (χ0v) is 18.9. The van der Waals surface area contributed by atoms with Crippen LogP contribution in [-0.2, 0) is 23.3 Å². The van der Waals surface area contributed by atoms with E-state index in [1.54, 1.807) is 30.3 Å². The quantitative estimate of drug-likeness (QED) is 0.451. The van der Waals surface area contributed by atoms with E-state index in [0.717, 1.165) is 12.1 Å². The van der Waals surface area contributed by atoms with E-state index in [9.17, 15) is 18.3 Å². The van der Waals surface area contributed by atoms with Crippen LogP contribution in [0.1, 0.15) is 16.7 Å². The number of rotatable bonds is 7. The Kier molecular flexibility index (Phi) is 7.44. The molecule has 0 bridgehead atoms. The summed E-state index contributed by atoms with van der Waals surface area (Å²) in [5.41, 5.74) is -3.67. The van der Waals surface area contributed by atoms with Gasteiger partial charge in [0.1, 0.15) is 11.7 Å². The van der Waals surface area contributed by atoms with E-state index in [1.165, 1.54) is 6.07 Å². The molecule has 1 N–H and O–H groups in total. The van der Waals surface area contributed by atoms with Gasteiger partial charge in [0.05, 0.1) is 6.61 Å². The van der Waals surface area contributed by atoms with Crippen LogP contribution >= 0.6 is 11.8 Å². The number of nitrogens with zero attached hydrogens (tertiary/aromatic N) is 1. The third kappa shape index (κ3) is 6.18. The first-order valence-electron chi connectivity index (χ1n) is 10.8. The summed E-state index contributed by atoms with van der Waals surface area (Å²) in [5, 5.41) is 12.0. The van der Waals surface area contributed by atoms with Crippen molar-refractivity contribution in [3.63, 3.8) is 0 Å². The molecule has 0 radical (unpaired) electrons. The first kappa shape index (κ1) is 23.8. The largest absolute Gasteiger partial charge is 0.446 e. The van der Waals surface area contributed by atoms with Crippen molar-refractivity contribution in [1.29, 1.82) is 0 Å². The van der Waals surface area contributed by atoms with Gasteiger partial charge >= 0.3 is 5.51 Å². The van der Waals surface area contributed by atoms with E-state index in [0.29, 0.717) is 30.8 Å². The van der Waals surface area contributed by atoms with Crippen molar-refractivity contribution >= 4 is 11.8 Å². The van der Waals surface area contributed by atoms with Crippen LogP contribution < -0.4 is 0 Å². The highest BCUT2D eigenvalue weighted by Gasteiger charge is 2.43. The molecule has 7 heteroatoms. The summed E-state index contributed by atoms with van der Waals surface area (Å²) in [5.74, 6) is 0. The second-order valence-electron chi connectivity index (χ2n) is 8.20. The average molecular weight is 474 g/mol. The minimum Gasteiger partial charge on any atom is -0.382 e. The summed E-state index contributed by atoms with van der Waals surface area (Å²) in [6.45, 7) is 2.34. The van der Waals surface area contributed by atoms with Gasteiger partial charge in [-0.3, -0.25) is 4.90 Å². The van der Waals surface area contributed by atoms with Crippen molar-refractivity contribution in [3.8, 4) is 0 Å². The highest BCUT2D eigenvalue weighted by Crippen LogP contribution is 2.41. The predicted molar refractivity (Wildman–Crippen MR) is 124 cm³/mol. The Bertz CT molecular complexity index is 1030. The highest BCUT2D eigenvalue weighted by atomic mass is 32.2. The molecule has 0 spiro atoms. The van der Waals surface area contributed by atoms with E-state index in [1.807, 2.05) is 36.4 Å². The van der Waals surface area contributed by atoms with Crippen LogP contribution in [0.5, 0.6) is 0 Å². The van der Waals surface area contributed by atoms with E-state index in [2.05, 4.69) is 17.0 Å². The lowest BCUT2D eigenvalue weighted by atomic mass is 9.81. The summed E-state index contributed by atoms with van der Waals surface area (Å²) in [4.78, 5) is 2.31. The van der Waals surface area contributed by atoms with Gasteiger partial charge in [0, 0.05) is 31.0 Å². The fraction of sp³-hybridized carbons (Fsp3) is 0.308. The Balaban J connectivity index is 1.63. The number of benzene rings is 3. The van der Waals surface area contributed by atoms with Crippen molar-refractivity contribution < 1.29 is 23.0 Å². The molecule has 3 nitrogen and oxygen atoms in total. The molecule has 1 heterocycles.